The van der Waals surface area contributed by atoms with Gasteiger partial charge in [0.15, 0.2) is 0 Å². The van der Waals surface area contributed by atoms with Crippen LogP contribution in [0.15, 0.2) is 30.3 Å². The van der Waals surface area contributed by atoms with Crippen LogP contribution in [0.25, 0.3) is 0 Å². The Morgan fingerprint density at radius 2 is 1.56 bits per heavy atom. The summed E-state index contributed by atoms with van der Waals surface area (Å²) in [5, 5.41) is 0. The summed E-state index contributed by atoms with van der Waals surface area (Å²) in [6.07, 6.45) is 5.15. The first-order valence-electron chi connectivity index (χ1n) is 6.54. The molecule has 1 aromatic carbocycles. The van der Waals surface area contributed by atoms with E-state index in [2.05, 4.69) is 29.0 Å². The van der Waals surface area contributed by atoms with Crippen LogP contribution in [0.4, 0.5) is 0 Å². The number of ether oxygens (including phenoxy) is 2. The average molecular weight is 249 g/mol. The summed E-state index contributed by atoms with van der Waals surface area (Å²) < 4.78 is 9.96. The summed E-state index contributed by atoms with van der Waals surface area (Å²) in [5.41, 5.74) is 1.39. The topological polar surface area (TPSA) is 35.5 Å². The van der Waals surface area contributed by atoms with Crippen LogP contribution in [0.5, 0.6) is 0 Å². The maximum atomic E-state index is 9.75. The lowest BCUT2D eigenvalue weighted by Crippen LogP contribution is -2.00. The van der Waals surface area contributed by atoms with Crippen molar-refractivity contribution in [2.75, 3.05) is 19.8 Å². The molecule has 0 saturated carbocycles. The molecule has 0 atom stereocenters. The third kappa shape index (κ3) is 7.85. The number of carbonyl (C=O) groups excluding carboxylic acids is 1. The van der Waals surface area contributed by atoms with Crippen molar-refractivity contribution in [3.63, 3.8) is 0 Å². The fourth-order valence-electron chi connectivity index (χ4n) is 1.70. The van der Waals surface area contributed by atoms with Crippen molar-refractivity contribution in [1.82, 2.24) is 0 Å². The Kier molecular flexibility index (Phi) is 8.81. The van der Waals surface area contributed by atoms with Gasteiger partial charge in [-0.15, -0.1) is 0 Å². The highest BCUT2D eigenvalue weighted by atomic mass is 16.5. The molecule has 0 aromatic heterocycles. The molecule has 0 amide bonds. The second-order valence-electron chi connectivity index (χ2n) is 4.19. The zero-order chi connectivity index (χ0) is 12.9. The molecular weight excluding hydrogens is 228 g/mol. The van der Waals surface area contributed by atoms with Gasteiger partial charge in [0.1, 0.15) is 0 Å². The van der Waals surface area contributed by atoms with E-state index in [0.29, 0.717) is 6.61 Å². The van der Waals surface area contributed by atoms with E-state index in [-0.39, 0.29) is 0 Å². The first-order chi connectivity index (χ1) is 8.93. The van der Waals surface area contributed by atoms with Gasteiger partial charge in [0, 0.05) is 13.2 Å². The Morgan fingerprint density at radius 1 is 0.889 bits per heavy atom. The van der Waals surface area contributed by atoms with Gasteiger partial charge in [0.2, 0.25) is 0 Å². The van der Waals surface area contributed by atoms with Gasteiger partial charge in [-0.05, 0) is 37.7 Å². The molecule has 0 bridgehead atoms. The number of hydrogen-bond acceptors (Lipinski definition) is 3. The van der Waals surface area contributed by atoms with E-state index < -0.39 is 0 Å². The van der Waals surface area contributed by atoms with Crippen LogP contribution in [0, 0.1) is 0 Å². The quantitative estimate of drug-likeness (QED) is 0.566. The molecule has 99 valence electrons. The van der Waals surface area contributed by atoms with Crippen LogP contribution in [0.2, 0.25) is 0 Å². The SMILES string of the molecule is O=[C]OCCCCOCCCCc1ccccc1. The molecule has 0 saturated heterocycles. The molecule has 1 radical (unpaired) electrons. The van der Waals surface area contributed by atoms with E-state index in [4.69, 9.17) is 4.74 Å². The highest BCUT2D eigenvalue weighted by Crippen LogP contribution is 2.04. The molecule has 0 aliphatic heterocycles. The molecular formula is C15H21O3. The molecule has 0 fully saturated rings. The Morgan fingerprint density at radius 3 is 2.28 bits per heavy atom. The third-order valence-corrected chi connectivity index (χ3v) is 2.69. The Labute approximate surface area is 109 Å². The molecule has 0 heterocycles. The molecule has 1 aromatic rings. The summed E-state index contributed by atoms with van der Waals surface area (Å²) >= 11 is 0. The van der Waals surface area contributed by atoms with Gasteiger partial charge in [0.05, 0.1) is 6.61 Å². The molecule has 1 rings (SSSR count). The Balaban J connectivity index is 1.83. The van der Waals surface area contributed by atoms with Crippen LogP contribution >= 0.6 is 0 Å². The second-order valence-corrected chi connectivity index (χ2v) is 4.19. The van der Waals surface area contributed by atoms with Crippen molar-refractivity contribution in [3.05, 3.63) is 35.9 Å². The summed E-state index contributed by atoms with van der Waals surface area (Å²) in [6, 6.07) is 10.5. The highest BCUT2D eigenvalue weighted by Gasteiger charge is 1.94. The van der Waals surface area contributed by atoms with Crippen LogP contribution in [0.1, 0.15) is 31.2 Å². The molecule has 0 aliphatic rings. The summed E-state index contributed by atoms with van der Waals surface area (Å²) in [6.45, 7) is 3.41. The van der Waals surface area contributed by atoms with Crippen LogP contribution in [-0.4, -0.2) is 26.3 Å². The number of hydrogen-bond donors (Lipinski definition) is 0. The molecule has 0 unspecified atom stereocenters. The zero-order valence-corrected chi connectivity index (χ0v) is 10.8. The van der Waals surface area contributed by atoms with Gasteiger partial charge in [-0.3, -0.25) is 0 Å². The lowest BCUT2D eigenvalue weighted by atomic mass is 10.1. The molecule has 0 aliphatic carbocycles. The Bertz CT molecular complexity index is 298. The van der Waals surface area contributed by atoms with Gasteiger partial charge in [-0.25, -0.2) is 4.79 Å². The third-order valence-electron chi connectivity index (χ3n) is 2.69. The van der Waals surface area contributed by atoms with Crippen LogP contribution in [0.3, 0.4) is 0 Å². The van der Waals surface area contributed by atoms with Gasteiger partial charge in [-0.2, -0.15) is 0 Å². The van der Waals surface area contributed by atoms with Crippen molar-refractivity contribution in [3.8, 4) is 0 Å². The summed E-state index contributed by atoms with van der Waals surface area (Å²) in [5.74, 6) is 0. The van der Waals surface area contributed by atoms with Crippen molar-refractivity contribution in [2.45, 2.75) is 32.1 Å². The second kappa shape index (κ2) is 10.8. The van der Waals surface area contributed by atoms with Crippen LogP contribution < -0.4 is 0 Å². The lowest BCUT2D eigenvalue weighted by molar-refractivity contribution is 0.122. The molecule has 3 nitrogen and oxygen atoms in total. The van der Waals surface area contributed by atoms with E-state index in [9.17, 15) is 4.79 Å². The van der Waals surface area contributed by atoms with Gasteiger partial charge in [0.25, 0.3) is 0 Å². The lowest BCUT2D eigenvalue weighted by Gasteiger charge is -2.04. The number of rotatable bonds is 11. The van der Waals surface area contributed by atoms with Gasteiger partial charge < -0.3 is 9.47 Å². The first kappa shape index (κ1) is 14.7. The molecule has 0 spiro atoms. The van der Waals surface area contributed by atoms with E-state index in [1.807, 2.05) is 6.07 Å². The predicted molar refractivity (Wildman–Crippen MR) is 71.1 cm³/mol. The standard InChI is InChI=1S/C15H21O3/c16-14-18-13-7-6-12-17-11-5-4-10-15-8-2-1-3-9-15/h1-3,8-9H,4-7,10-13H2. The van der Waals surface area contributed by atoms with Crippen LogP contribution in [-0.2, 0) is 20.7 Å². The number of aryl methyl sites for hydroxylation is 1. The van der Waals surface area contributed by atoms with E-state index >= 15 is 0 Å². The maximum absolute atomic E-state index is 9.75. The fourth-order valence-corrected chi connectivity index (χ4v) is 1.70. The van der Waals surface area contributed by atoms with Crippen molar-refractivity contribution >= 4 is 6.47 Å². The molecule has 3 heteroatoms. The Hall–Kier alpha value is -1.35. The fraction of sp³-hybridized carbons (Fsp3) is 0.533. The number of benzene rings is 1. The minimum atomic E-state index is 0.445. The monoisotopic (exact) mass is 249 g/mol. The maximum Gasteiger partial charge on any atom is 0.417 e. The highest BCUT2D eigenvalue weighted by molar-refractivity contribution is 5.37. The summed E-state index contributed by atoms with van der Waals surface area (Å²) in [4.78, 5) is 9.75. The number of unbranched alkanes of at least 4 members (excludes halogenated alkanes) is 2. The largest absolute Gasteiger partial charge is 0.457 e. The smallest absolute Gasteiger partial charge is 0.417 e. The minimum absolute atomic E-state index is 0.445. The predicted octanol–water partition coefficient (Wildman–Crippen LogP) is 2.89. The average Bonchev–Trinajstić information content (AvgIpc) is 2.42. The van der Waals surface area contributed by atoms with Crippen molar-refractivity contribution in [2.24, 2.45) is 0 Å². The van der Waals surface area contributed by atoms with E-state index in [1.165, 1.54) is 12.0 Å². The zero-order valence-electron chi connectivity index (χ0n) is 10.8. The van der Waals surface area contributed by atoms with E-state index in [0.717, 1.165) is 45.3 Å². The van der Waals surface area contributed by atoms with Crippen molar-refractivity contribution in [1.29, 1.82) is 0 Å². The minimum Gasteiger partial charge on any atom is -0.457 e. The van der Waals surface area contributed by atoms with Gasteiger partial charge >= 0.3 is 6.47 Å². The summed E-state index contributed by atoms with van der Waals surface area (Å²) in [7, 11) is 0. The first-order valence-corrected chi connectivity index (χ1v) is 6.54. The van der Waals surface area contributed by atoms with Gasteiger partial charge in [-0.1, -0.05) is 30.3 Å². The molecule has 0 N–H and O–H groups in total. The van der Waals surface area contributed by atoms with E-state index in [1.54, 1.807) is 0 Å². The molecule has 18 heavy (non-hydrogen) atoms. The normalized spacial score (nSPS) is 10.2. The van der Waals surface area contributed by atoms with Crippen molar-refractivity contribution < 1.29 is 14.3 Å².